The smallest absolute Gasteiger partial charge is 0.289 e. The lowest BCUT2D eigenvalue weighted by Crippen LogP contribution is -2.56. The number of nitrogens with zero attached hydrogens (tertiary/aromatic N) is 1. The van der Waals surface area contributed by atoms with Crippen molar-refractivity contribution in [3.8, 4) is 5.75 Å². The number of methoxy groups -OCH3 is 1. The van der Waals surface area contributed by atoms with Crippen molar-refractivity contribution in [2.24, 2.45) is 0 Å². The quantitative estimate of drug-likeness (QED) is 0.238. The number of rotatable bonds is 13. The fourth-order valence-corrected chi connectivity index (χ4v) is 6.12. The summed E-state index contributed by atoms with van der Waals surface area (Å²) in [5.41, 5.74) is 3.96. The SMILES string of the molecule is CCC[C@H](NC(=O)[C@@H]1CC2(C=C(c3cccc(Cl)c3)NO2)CN1C(=O)[C@H](Cc1ccc(OC)cc1)NC(C)=O)C(=O)C(=O)NC1CC1. The average Bonchev–Trinajstić information content (AvgIpc) is 3.64. The van der Waals surface area contributed by atoms with Crippen LogP contribution in [-0.4, -0.2) is 77.7 Å². The van der Waals surface area contributed by atoms with Crippen molar-refractivity contribution in [1.82, 2.24) is 26.3 Å². The molecule has 12 nitrogen and oxygen atoms in total. The Balaban J connectivity index is 1.43. The topological polar surface area (TPSA) is 155 Å². The number of halogens is 1. The number of amides is 4. The van der Waals surface area contributed by atoms with Gasteiger partial charge in [-0.2, -0.15) is 0 Å². The third kappa shape index (κ3) is 8.30. The van der Waals surface area contributed by atoms with Gasteiger partial charge in [0.05, 0.1) is 25.4 Å². The molecule has 1 aliphatic carbocycles. The van der Waals surface area contributed by atoms with E-state index in [2.05, 4.69) is 21.4 Å². The third-order valence-corrected chi connectivity index (χ3v) is 8.70. The zero-order chi connectivity index (χ0) is 33.7. The molecule has 1 saturated heterocycles. The number of hydroxylamine groups is 1. The van der Waals surface area contributed by atoms with Crippen molar-refractivity contribution in [2.45, 2.75) is 82.1 Å². The van der Waals surface area contributed by atoms with Crippen LogP contribution in [0.25, 0.3) is 5.70 Å². The van der Waals surface area contributed by atoms with E-state index in [1.165, 1.54) is 11.8 Å². The van der Waals surface area contributed by atoms with E-state index in [-0.39, 0.29) is 31.8 Å². The molecule has 2 aromatic rings. The number of benzene rings is 2. The van der Waals surface area contributed by atoms with Crippen molar-refractivity contribution < 1.29 is 33.5 Å². The molecule has 13 heteroatoms. The Morgan fingerprint density at radius 1 is 1.09 bits per heavy atom. The summed E-state index contributed by atoms with van der Waals surface area (Å²) >= 11 is 6.22. The molecule has 2 aromatic carbocycles. The van der Waals surface area contributed by atoms with Crippen LogP contribution in [0.3, 0.4) is 0 Å². The highest BCUT2D eigenvalue weighted by Gasteiger charge is 2.53. The van der Waals surface area contributed by atoms with Gasteiger partial charge in [-0.05, 0) is 55.2 Å². The van der Waals surface area contributed by atoms with Crippen LogP contribution in [0.4, 0.5) is 0 Å². The number of Topliss-reactive ketones (excluding diaryl/α,β-unsaturated/α-hetero) is 1. The summed E-state index contributed by atoms with van der Waals surface area (Å²) in [6.45, 7) is 3.15. The van der Waals surface area contributed by atoms with Gasteiger partial charge in [0.2, 0.25) is 23.5 Å². The van der Waals surface area contributed by atoms with Crippen LogP contribution < -0.4 is 26.2 Å². The van der Waals surface area contributed by atoms with Crippen molar-refractivity contribution >= 4 is 46.7 Å². The summed E-state index contributed by atoms with van der Waals surface area (Å²) in [6.07, 6.45) is 4.44. The molecule has 1 spiro atoms. The second-order valence-corrected chi connectivity index (χ2v) is 12.7. The zero-order valence-corrected chi connectivity index (χ0v) is 27.4. The Hall–Kier alpha value is -4.42. The van der Waals surface area contributed by atoms with Gasteiger partial charge in [-0.25, -0.2) is 0 Å². The summed E-state index contributed by atoms with van der Waals surface area (Å²) in [6, 6.07) is 11.1. The second kappa shape index (κ2) is 14.6. The number of carbonyl (C=O) groups is 5. The molecule has 4 amide bonds. The van der Waals surface area contributed by atoms with E-state index in [0.29, 0.717) is 22.9 Å². The molecule has 2 heterocycles. The van der Waals surface area contributed by atoms with Gasteiger partial charge in [0.25, 0.3) is 5.91 Å². The van der Waals surface area contributed by atoms with E-state index >= 15 is 0 Å². The van der Waals surface area contributed by atoms with Gasteiger partial charge in [-0.1, -0.05) is 49.2 Å². The molecule has 4 atom stereocenters. The molecule has 1 unspecified atom stereocenters. The van der Waals surface area contributed by atoms with Crippen LogP contribution in [0.15, 0.2) is 54.6 Å². The highest BCUT2D eigenvalue weighted by Crippen LogP contribution is 2.38. The summed E-state index contributed by atoms with van der Waals surface area (Å²) in [5, 5.41) is 8.72. The number of likely N-dealkylation sites (tertiary alicyclic amines) is 1. The predicted molar refractivity (Wildman–Crippen MR) is 174 cm³/mol. The van der Waals surface area contributed by atoms with Crippen molar-refractivity contribution in [3.63, 3.8) is 0 Å². The molecule has 0 radical (unpaired) electrons. The summed E-state index contributed by atoms with van der Waals surface area (Å²) in [5.74, 6) is -2.32. The van der Waals surface area contributed by atoms with E-state index in [4.69, 9.17) is 21.2 Å². The molecule has 5 rings (SSSR count). The zero-order valence-electron chi connectivity index (χ0n) is 26.6. The maximum atomic E-state index is 14.3. The van der Waals surface area contributed by atoms with Crippen molar-refractivity contribution in [3.05, 3.63) is 70.8 Å². The van der Waals surface area contributed by atoms with E-state index < -0.39 is 53.1 Å². The largest absolute Gasteiger partial charge is 0.497 e. The highest BCUT2D eigenvalue weighted by molar-refractivity contribution is 6.38. The first kappa shape index (κ1) is 33.9. The minimum Gasteiger partial charge on any atom is -0.497 e. The lowest BCUT2D eigenvalue weighted by Gasteiger charge is -2.29. The lowest BCUT2D eigenvalue weighted by molar-refractivity contribution is -0.143. The Morgan fingerprint density at radius 3 is 2.47 bits per heavy atom. The van der Waals surface area contributed by atoms with Crippen LogP contribution in [0.2, 0.25) is 5.02 Å². The van der Waals surface area contributed by atoms with Crippen molar-refractivity contribution in [1.29, 1.82) is 0 Å². The van der Waals surface area contributed by atoms with Crippen LogP contribution in [0.1, 0.15) is 57.1 Å². The molecular formula is C34H40ClN5O7. The summed E-state index contributed by atoms with van der Waals surface area (Å²) < 4.78 is 5.24. The van der Waals surface area contributed by atoms with Gasteiger partial charge >= 0.3 is 0 Å². The monoisotopic (exact) mass is 665 g/mol. The number of hydrogen-bond donors (Lipinski definition) is 4. The maximum Gasteiger partial charge on any atom is 0.289 e. The molecule has 0 aromatic heterocycles. The minimum atomic E-state index is -1.11. The molecule has 47 heavy (non-hydrogen) atoms. The minimum absolute atomic E-state index is 0.0175. The number of ether oxygens (including phenoxy) is 1. The fraction of sp³-hybridized carbons (Fsp3) is 0.441. The maximum absolute atomic E-state index is 14.3. The Bertz CT molecular complexity index is 1560. The van der Waals surface area contributed by atoms with Gasteiger partial charge < -0.3 is 25.6 Å². The van der Waals surface area contributed by atoms with Gasteiger partial charge in [-0.3, -0.25) is 34.3 Å². The van der Waals surface area contributed by atoms with Gasteiger partial charge in [0.15, 0.2) is 0 Å². The molecule has 0 bridgehead atoms. The fourth-order valence-electron chi connectivity index (χ4n) is 5.93. The van der Waals surface area contributed by atoms with Crippen LogP contribution in [0, 0.1) is 0 Å². The molecular weight excluding hydrogens is 626 g/mol. The number of hydrogen-bond acceptors (Lipinski definition) is 8. The molecule has 3 aliphatic rings. The standard InChI is InChI=1S/C34H40ClN5O7/c1-4-6-26(30(42)32(44)37-24-11-12-24)38-31(43)29-18-34(17-28(39-47-34)22-7-5-8-23(35)16-22)19-40(29)33(45)27(36-20(2)41)15-21-9-13-25(46-3)14-10-21/h5,7-10,13-14,16-17,24,26-27,29,39H,4,6,11-12,15,18-19H2,1-3H3,(H,36,41)(H,37,44)(H,38,43)/t26-,27-,29-,34?/m0/s1. The normalized spacial score (nSPS) is 21.3. The summed E-state index contributed by atoms with van der Waals surface area (Å²) in [7, 11) is 1.55. The second-order valence-electron chi connectivity index (χ2n) is 12.3. The van der Waals surface area contributed by atoms with E-state index in [1.54, 1.807) is 49.6 Å². The molecule has 2 fully saturated rings. The first-order valence-electron chi connectivity index (χ1n) is 15.8. The van der Waals surface area contributed by atoms with Crippen LogP contribution >= 0.6 is 11.6 Å². The first-order chi connectivity index (χ1) is 22.5. The van der Waals surface area contributed by atoms with Gasteiger partial charge in [0, 0.05) is 36.4 Å². The Labute approximate surface area is 278 Å². The lowest BCUT2D eigenvalue weighted by atomic mass is 9.97. The Kier molecular flexibility index (Phi) is 10.5. The van der Waals surface area contributed by atoms with E-state index in [0.717, 1.165) is 24.0 Å². The Morgan fingerprint density at radius 2 is 1.83 bits per heavy atom. The molecule has 2 aliphatic heterocycles. The third-order valence-electron chi connectivity index (χ3n) is 8.47. The van der Waals surface area contributed by atoms with E-state index in [1.807, 2.05) is 19.1 Å². The molecule has 1 saturated carbocycles. The van der Waals surface area contributed by atoms with Gasteiger partial charge in [-0.15, -0.1) is 0 Å². The highest BCUT2D eigenvalue weighted by atomic mass is 35.5. The number of carbonyl (C=O) groups excluding carboxylic acids is 5. The van der Waals surface area contributed by atoms with Crippen molar-refractivity contribution in [2.75, 3.05) is 13.7 Å². The molecule has 4 N–H and O–H groups in total. The number of ketones is 1. The van der Waals surface area contributed by atoms with Crippen LogP contribution in [-0.2, 0) is 35.2 Å². The number of nitrogens with one attached hydrogen (secondary N) is 4. The summed E-state index contributed by atoms with van der Waals surface area (Å²) in [4.78, 5) is 73.8. The van der Waals surface area contributed by atoms with Gasteiger partial charge in [0.1, 0.15) is 23.4 Å². The van der Waals surface area contributed by atoms with E-state index in [9.17, 15) is 24.0 Å². The predicted octanol–water partition coefficient (Wildman–Crippen LogP) is 2.44. The van der Waals surface area contributed by atoms with Crippen LogP contribution in [0.5, 0.6) is 5.75 Å². The first-order valence-corrected chi connectivity index (χ1v) is 16.2. The molecule has 250 valence electrons. The average molecular weight is 666 g/mol.